The summed E-state index contributed by atoms with van der Waals surface area (Å²) in [6, 6.07) is 15.7. The van der Waals surface area contributed by atoms with Crippen LogP contribution in [0.25, 0.3) is 11.1 Å². The molecule has 55 heavy (non-hydrogen) atoms. The number of amides is 3. The van der Waals surface area contributed by atoms with Crippen molar-refractivity contribution in [3.63, 3.8) is 0 Å². The van der Waals surface area contributed by atoms with Crippen LogP contribution in [0.4, 0.5) is 32.0 Å². The third-order valence-corrected chi connectivity index (χ3v) is 8.97. The minimum absolute atomic E-state index is 0.0144. The Balaban J connectivity index is 1.43. The predicted octanol–water partition coefficient (Wildman–Crippen LogP) is 6.98. The normalized spacial score (nSPS) is 15.3. The van der Waals surface area contributed by atoms with E-state index in [2.05, 4.69) is 5.32 Å². The molecule has 10 nitrogen and oxygen atoms in total. The minimum atomic E-state index is -4.84. The first-order valence-electron chi connectivity index (χ1n) is 16.5. The summed E-state index contributed by atoms with van der Waals surface area (Å²) in [5, 5.41) is 2.50. The number of esters is 2. The van der Waals surface area contributed by atoms with Crippen LogP contribution in [0.2, 0.25) is 0 Å². The predicted molar refractivity (Wildman–Crippen MR) is 186 cm³/mol. The second kappa shape index (κ2) is 15.3. The van der Waals surface area contributed by atoms with E-state index in [0.29, 0.717) is 29.8 Å². The number of hydrogen-bond donors (Lipinski definition) is 1. The van der Waals surface area contributed by atoms with Crippen molar-refractivity contribution in [1.82, 2.24) is 9.80 Å². The Bertz CT molecular complexity index is 2170. The standard InChI is InChI=1S/C39H33F6N3O7/c1-5-54-36(53)37(30-9-7-6-8-27(30)35(52)48(37)4)21-55-32(49)19-22-10-17-31(29(18-22)34(51)47(2)3)46-33(50)26-16-15-25(39(43,44)45)20-28(26)23-11-13-24(14-12-23)38(40,41)42/h6-18,20H,5,19,21H2,1-4H3,(H,46,50). The monoisotopic (exact) mass is 769 g/mol. The smallest absolute Gasteiger partial charge is 0.416 e. The number of carbonyl (C=O) groups excluding carboxylic acids is 5. The van der Waals surface area contributed by atoms with Crippen LogP contribution in [-0.2, 0) is 43.4 Å². The summed E-state index contributed by atoms with van der Waals surface area (Å²) in [5.74, 6) is -3.75. The molecule has 0 saturated carbocycles. The summed E-state index contributed by atoms with van der Waals surface area (Å²) in [6.45, 7) is 0.982. The molecule has 4 aromatic rings. The van der Waals surface area contributed by atoms with Gasteiger partial charge in [0.1, 0.15) is 6.61 Å². The van der Waals surface area contributed by atoms with E-state index in [4.69, 9.17) is 9.47 Å². The van der Waals surface area contributed by atoms with Gasteiger partial charge in [0.05, 0.1) is 35.4 Å². The van der Waals surface area contributed by atoms with Gasteiger partial charge in [0.2, 0.25) is 5.54 Å². The van der Waals surface area contributed by atoms with Gasteiger partial charge in [-0.25, -0.2) is 4.79 Å². The van der Waals surface area contributed by atoms with Crippen molar-refractivity contribution in [2.45, 2.75) is 31.2 Å². The van der Waals surface area contributed by atoms with E-state index in [1.807, 2.05) is 0 Å². The summed E-state index contributed by atoms with van der Waals surface area (Å²) in [6.07, 6.45) is -9.99. The highest BCUT2D eigenvalue weighted by atomic mass is 19.4. The SMILES string of the molecule is CCOC(=O)C1(COC(=O)Cc2ccc(NC(=O)c3ccc(C(F)(F)F)cc3-c3ccc(C(F)(F)F)cc3)c(C(=O)N(C)C)c2)c2ccccc2C(=O)N1C. The zero-order valence-electron chi connectivity index (χ0n) is 29.7. The number of nitrogens with one attached hydrogen (secondary N) is 1. The summed E-state index contributed by atoms with van der Waals surface area (Å²) in [4.78, 5) is 68.8. The van der Waals surface area contributed by atoms with Crippen molar-refractivity contribution in [1.29, 1.82) is 0 Å². The van der Waals surface area contributed by atoms with E-state index in [9.17, 15) is 50.3 Å². The number of carbonyl (C=O) groups is 5. The third-order valence-electron chi connectivity index (χ3n) is 8.97. The van der Waals surface area contributed by atoms with Crippen LogP contribution in [0.5, 0.6) is 0 Å². The molecule has 0 bridgehead atoms. The molecule has 1 atom stereocenters. The molecule has 1 aliphatic rings. The number of rotatable bonds is 10. The Kier molecular flexibility index (Phi) is 11.1. The van der Waals surface area contributed by atoms with Gasteiger partial charge in [-0.1, -0.05) is 36.4 Å². The lowest BCUT2D eigenvalue weighted by atomic mass is 9.90. The maximum atomic E-state index is 13.7. The fraction of sp³-hybridized carbons (Fsp3) is 0.256. The van der Waals surface area contributed by atoms with Gasteiger partial charge < -0.3 is 24.6 Å². The molecule has 1 unspecified atom stereocenters. The topological polar surface area (TPSA) is 122 Å². The average Bonchev–Trinajstić information content (AvgIpc) is 3.35. The molecular weight excluding hydrogens is 736 g/mol. The van der Waals surface area contributed by atoms with Crippen molar-refractivity contribution in [3.05, 3.63) is 124 Å². The molecule has 16 heteroatoms. The summed E-state index contributed by atoms with van der Waals surface area (Å²) in [5.41, 5.74) is -4.18. The molecule has 0 saturated heterocycles. The van der Waals surface area contributed by atoms with E-state index < -0.39 is 71.7 Å². The first-order chi connectivity index (χ1) is 25.8. The lowest BCUT2D eigenvalue weighted by molar-refractivity contribution is -0.164. The Morgan fingerprint density at radius 3 is 2.04 bits per heavy atom. The molecule has 1 aliphatic heterocycles. The van der Waals surface area contributed by atoms with E-state index in [0.717, 1.165) is 23.1 Å². The highest BCUT2D eigenvalue weighted by Crippen LogP contribution is 2.40. The number of likely N-dealkylation sites (N-methyl/N-ethyl adjacent to an activating group) is 1. The van der Waals surface area contributed by atoms with Gasteiger partial charge in [0.15, 0.2) is 0 Å². The van der Waals surface area contributed by atoms with Gasteiger partial charge in [0.25, 0.3) is 17.7 Å². The van der Waals surface area contributed by atoms with Gasteiger partial charge in [-0.15, -0.1) is 0 Å². The van der Waals surface area contributed by atoms with Gasteiger partial charge >= 0.3 is 24.3 Å². The molecule has 0 aromatic heterocycles. The van der Waals surface area contributed by atoms with Crippen LogP contribution in [0.1, 0.15) is 60.3 Å². The second-order valence-corrected chi connectivity index (χ2v) is 12.7. The Hall–Kier alpha value is -6.19. The van der Waals surface area contributed by atoms with Crippen molar-refractivity contribution < 1.29 is 59.8 Å². The van der Waals surface area contributed by atoms with E-state index in [-0.39, 0.29) is 45.7 Å². The first kappa shape index (κ1) is 40.0. The molecule has 288 valence electrons. The van der Waals surface area contributed by atoms with Crippen molar-refractivity contribution in [2.75, 3.05) is 39.7 Å². The molecular formula is C39H33F6N3O7. The number of alkyl halides is 6. The molecule has 0 aliphatic carbocycles. The highest BCUT2D eigenvalue weighted by Gasteiger charge is 2.55. The maximum Gasteiger partial charge on any atom is 0.416 e. The van der Waals surface area contributed by atoms with Gasteiger partial charge in [0, 0.05) is 37.8 Å². The minimum Gasteiger partial charge on any atom is -0.464 e. The van der Waals surface area contributed by atoms with Gasteiger partial charge in [-0.2, -0.15) is 26.3 Å². The molecule has 1 heterocycles. The van der Waals surface area contributed by atoms with E-state index >= 15 is 0 Å². The van der Waals surface area contributed by atoms with Crippen molar-refractivity contribution >= 4 is 35.3 Å². The molecule has 1 N–H and O–H groups in total. The van der Waals surface area contributed by atoms with Crippen LogP contribution >= 0.6 is 0 Å². The zero-order chi connectivity index (χ0) is 40.5. The van der Waals surface area contributed by atoms with Gasteiger partial charge in [-0.05, 0) is 72.1 Å². The average molecular weight is 770 g/mol. The van der Waals surface area contributed by atoms with Crippen LogP contribution in [-0.4, -0.2) is 73.8 Å². The quantitative estimate of drug-likeness (QED) is 0.137. The molecule has 3 amide bonds. The molecule has 0 radical (unpaired) electrons. The second-order valence-electron chi connectivity index (χ2n) is 12.7. The third kappa shape index (κ3) is 8.03. The Labute approximate surface area is 310 Å². The largest absolute Gasteiger partial charge is 0.464 e. The van der Waals surface area contributed by atoms with Crippen LogP contribution in [0, 0.1) is 0 Å². The van der Waals surface area contributed by atoms with Crippen molar-refractivity contribution in [3.8, 4) is 11.1 Å². The van der Waals surface area contributed by atoms with Gasteiger partial charge in [-0.3, -0.25) is 19.2 Å². The number of fused-ring (bicyclic) bond motifs is 1. The van der Waals surface area contributed by atoms with Crippen LogP contribution in [0.3, 0.4) is 0 Å². The lowest BCUT2D eigenvalue weighted by Gasteiger charge is -2.33. The number of hydrogen-bond acceptors (Lipinski definition) is 7. The van der Waals surface area contributed by atoms with E-state index in [1.54, 1.807) is 25.1 Å². The molecule has 0 spiro atoms. The Morgan fingerprint density at radius 2 is 1.42 bits per heavy atom. The molecule has 0 fully saturated rings. The fourth-order valence-electron chi connectivity index (χ4n) is 6.11. The summed E-state index contributed by atoms with van der Waals surface area (Å²) < 4.78 is 91.4. The number of nitrogens with zero attached hydrogens (tertiary/aromatic N) is 2. The number of halogens is 6. The number of ether oxygens (including phenoxy) is 2. The fourth-order valence-corrected chi connectivity index (χ4v) is 6.11. The summed E-state index contributed by atoms with van der Waals surface area (Å²) in [7, 11) is 4.22. The van der Waals surface area contributed by atoms with E-state index in [1.165, 1.54) is 50.3 Å². The van der Waals surface area contributed by atoms with Crippen LogP contribution < -0.4 is 5.32 Å². The van der Waals surface area contributed by atoms with Crippen LogP contribution in [0.15, 0.2) is 84.9 Å². The molecule has 4 aromatic carbocycles. The van der Waals surface area contributed by atoms with Crippen molar-refractivity contribution in [2.24, 2.45) is 0 Å². The maximum absolute atomic E-state index is 13.7. The number of anilines is 1. The highest BCUT2D eigenvalue weighted by molar-refractivity contribution is 6.12. The first-order valence-corrected chi connectivity index (χ1v) is 16.5. The lowest BCUT2D eigenvalue weighted by Crippen LogP contribution is -2.52. The zero-order valence-corrected chi connectivity index (χ0v) is 29.7. The summed E-state index contributed by atoms with van der Waals surface area (Å²) >= 11 is 0. The Morgan fingerprint density at radius 1 is 0.782 bits per heavy atom. The molecule has 5 rings (SSSR count). The number of benzene rings is 4.